The Bertz CT molecular complexity index is 590. The molecule has 1 saturated heterocycles. The number of rotatable bonds is 5. The first-order valence-electron chi connectivity index (χ1n) is 7.26. The van der Waals surface area contributed by atoms with Gasteiger partial charge in [0.25, 0.3) is 0 Å². The summed E-state index contributed by atoms with van der Waals surface area (Å²) in [6.07, 6.45) is 2.35. The van der Waals surface area contributed by atoms with Gasteiger partial charge in [-0.1, -0.05) is 11.6 Å². The van der Waals surface area contributed by atoms with Crippen LogP contribution in [-0.4, -0.2) is 29.3 Å². The van der Waals surface area contributed by atoms with Gasteiger partial charge in [-0.3, -0.25) is 0 Å². The number of nitrogens with zero attached hydrogens (tertiary/aromatic N) is 2. The van der Waals surface area contributed by atoms with Gasteiger partial charge in [0.05, 0.1) is 23.7 Å². The van der Waals surface area contributed by atoms with E-state index in [0.717, 1.165) is 48.0 Å². The van der Waals surface area contributed by atoms with Crippen molar-refractivity contribution in [1.29, 1.82) is 0 Å². The second-order valence-corrected chi connectivity index (χ2v) is 5.54. The quantitative estimate of drug-likeness (QED) is 0.861. The van der Waals surface area contributed by atoms with Crippen molar-refractivity contribution in [3.63, 3.8) is 0 Å². The zero-order chi connectivity index (χ0) is 13.9. The number of aromatic nitrogens is 2. The van der Waals surface area contributed by atoms with Crippen molar-refractivity contribution in [3.05, 3.63) is 29.0 Å². The molecule has 5 heteroatoms. The third kappa shape index (κ3) is 2.68. The first kappa shape index (κ1) is 13.9. The van der Waals surface area contributed by atoms with Crippen LogP contribution in [-0.2, 0) is 11.3 Å². The molecule has 1 N–H and O–H groups in total. The van der Waals surface area contributed by atoms with E-state index in [1.165, 1.54) is 6.42 Å². The predicted octanol–water partition coefficient (Wildman–Crippen LogP) is 3.15. The predicted molar refractivity (Wildman–Crippen MR) is 81.2 cm³/mol. The number of benzene rings is 1. The smallest absolute Gasteiger partial charge is 0.127 e. The van der Waals surface area contributed by atoms with E-state index in [1.807, 2.05) is 25.1 Å². The molecule has 1 unspecified atom stereocenters. The van der Waals surface area contributed by atoms with E-state index >= 15 is 0 Å². The number of fused-ring (bicyclic) bond motifs is 1. The molecular formula is C15H20ClN3O. The second-order valence-electron chi connectivity index (χ2n) is 5.10. The third-order valence-corrected chi connectivity index (χ3v) is 4.01. The molecule has 0 bridgehead atoms. The van der Waals surface area contributed by atoms with E-state index in [-0.39, 0.29) is 0 Å². The van der Waals surface area contributed by atoms with Gasteiger partial charge in [-0.2, -0.15) is 0 Å². The van der Waals surface area contributed by atoms with Gasteiger partial charge >= 0.3 is 0 Å². The molecule has 0 amide bonds. The average molecular weight is 294 g/mol. The molecule has 20 heavy (non-hydrogen) atoms. The summed E-state index contributed by atoms with van der Waals surface area (Å²) < 4.78 is 7.75. The van der Waals surface area contributed by atoms with Crippen LogP contribution in [0, 0.1) is 0 Å². The molecule has 0 spiro atoms. The average Bonchev–Trinajstić information content (AvgIpc) is 3.07. The number of nitrogens with one attached hydrogen (secondary N) is 1. The summed E-state index contributed by atoms with van der Waals surface area (Å²) in [7, 11) is 0. The molecule has 1 atom stereocenters. The van der Waals surface area contributed by atoms with E-state index in [0.29, 0.717) is 12.6 Å². The Morgan fingerprint density at radius 1 is 1.50 bits per heavy atom. The monoisotopic (exact) mass is 293 g/mol. The van der Waals surface area contributed by atoms with Gasteiger partial charge in [0.15, 0.2) is 0 Å². The topological polar surface area (TPSA) is 39.1 Å². The Morgan fingerprint density at radius 3 is 3.15 bits per heavy atom. The van der Waals surface area contributed by atoms with Gasteiger partial charge in [-0.05, 0) is 44.5 Å². The standard InChI is InChI=1S/C15H20ClN3O/c1-2-20-9-8-19-14-10-11(16)5-6-12(14)18-15(19)13-4-3-7-17-13/h5-6,10,13,17H,2-4,7-9H2,1H3. The molecule has 1 aliphatic rings. The van der Waals surface area contributed by atoms with Crippen molar-refractivity contribution in [1.82, 2.24) is 14.9 Å². The van der Waals surface area contributed by atoms with Gasteiger partial charge in [0.2, 0.25) is 0 Å². The zero-order valence-corrected chi connectivity index (χ0v) is 12.5. The highest BCUT2D eigenvalue weighted by Gasteiger charge is 2.23. The number of ether oxygens (including phenoxy) is 1. The fourth-order valence-corrected chi connectivity index (χ4v) is 2.99. The molecule has 1 aromatic carbocycles. The van der Waals surface area contributed by atoms with Crippen molar-refractivity contribution in [2.75, 3.05) is 19.8 Å². The third-order valence-electron chi connectivity index (χ3n) is 3.78. The second kappa shape index (κ2) is 6.12. The maximum atomic E-state index is 6.13. The minimum atomic E-state index is 0.350. The van der Waals surface area contributed by atoms with E-state index in [2.05, 4.69) is 9.88 Å². The van der Waals surface area contributed by atoms with Crippen molar-refractivity contribution >= 4 is 22.6 Å². The van der Waals surface area contributed by atoms with Crippen molar-refractivity contribution in [2.45, 2.75) is 32.4 Å². The minimum Gasteiger partial charge on any atom is -0.380 e. The van der Waals surface area contributed by atoms with Crippen LogP contribution in [0.2, 0.25) is 5.02 Å². The van der Waals surface area contributed by atoms with Gasteiger partial charge in [0.1, 0.15) is 5.82 Å². The first-order chi connectivity index (χ1) is 9.79. The van der Waals surface area contributed by atoms with Crippen LogP contribution in [0.3, 0.4) is 0 Å². The van der Waals surface area contributed by atoms with Crippen LogP contribution in [0.25, 0.3) is 11.0 Å². The Balaban J connectivity index is 1.99. The molecule has 4 nitrogen and oxygen atoms in total. The summed E-state index contributed by atoms with van der Waals surface area (Å²) in [5, 5.41) is 4.27. The molecule has 0 aliphatic carbocycles. The molecule has 1 fully saturated rings. The molecule has 3 rings (SSSR count). The fourth-order valence-electron chi connectivity index (χ4n) is 2.82. The van der Waals surface area contributed by atoms with E-state index < -0.39 is 0 Å². The van der Waals surface area contributed by atoms with E-state index in [4.69, 9.17) is 21.3 Å². The van der Waals surface area contributed by atoms with Crippen LogP contribution in [0.1, 0.15) is 31.6 Å². The molecule has 1 aliphatic heterocycles. The Labute approximate surface area is 124 Å². The van der Waals surface area contributed by atoms with Crippen molar-refractivity contribution in [2.24, 2.45) is 0 Å². The highest BCUT2D eigenvalue weighted by atomic mass is 35.5. The molecule has 2 aromatic rings. The fraction of sp³-hybridized carbons (Fsp3) is 0.533. The summed E-state index contributed by atoms with van der Waals surface area (Å²) in [5.41, 5.74) is 2.11. The maximum absolute atomic E-state index is 6.13. The van der Waals surface area contributed by atoms with Crippen molar-refractivity contribution in [3.8, 4) is 0 Å². The van der Waals surface area contributed by atoms with Crippen LogP contribution < -0.4 is 5.32 Å². The number of hydrogen-bond acceptors (Lipinski definition) is 3. The molecular weight excluding hydrogens is 274 g/mol. The minimum absolute atomic E-state index is 0.350. The van der Waals surface area contributed by atoms with Crippen LogP contribution in [0.4, 0.5) is 0 Å². The number of halogens is 1. The van der Waals surface area contributed by atoms with Gasteiger partial charge < -0.3 is 14.6 Å². The largest absolute Gasteiger partial charge is 0.380 e. The molecule has 0 saturated carbocycles. The van der Waals surface area contributed by atoms with Gasteiger partial charge in [-0.15, -0.1) is 0 Å². The summed E-state index contributed by atoms with van der Waals surface area (Å²) >= 11 is 6.13. The Morgan fingerprint density at radius 2 is 2.40 bits per heavy atom. The van der Waals surface area contributed by atoms with Crippen LogP contribution in [0.5, 0.6) is 0 Å². The first-order valence-corrected chi connectivity index (χ1v) is 7.64. The lowest BCUT2D eigenvalue weighted by atomic mass is 10.2. The van der Waals surface area contributed by atoms with Crippen molar-refractivity contribution < 1.29 is 4.74 Å². The molecule has 0 radical (unpaired) electrons. The highest BCUT2D eigenvalue weighted by Crippen LogP contribution is 2.28. The van der Waals surface area contributed by atoms with E-state index in [9.17, 15) is 0 Å². The lowest BCUT2D eigenvalue weighted by Crippen LogP contribution is -2.19. The number of hydrogen-bond donors (Lipinski definition) is 1. The number of imidazole rings is 1. The lowest BCUT2D eigenvalue weighted by molar-refractivity contribution is 0.139. The van der Waals surface area contributed by atoms with Crippen LogP contribution in [0.15, 0.2) is 18.2 Å². The highest BCUT2D eigenvalue weighted by molar-refractivity contribution is 6.31. The maximum Gasteiger partial charge on any atom is 0.127 e. The van der Waals surface area contributed by atoms with Crippen LogP contribution >= 0.6 is 11.6 Å². The normalized spacial score (nSPS) is 19.0. The summed E-state index contributed by atoms with van der Waals surface area (Å²) in [6, 6.07) is 6.24. The SMILES string of the molecule is CCOCCn1c(C2CCCN2)nc2ccc(Cl)cc21. The molecule has 2 heterocycles. The van der Waals surface area contributed by atoms with Gasteiger partial charge in [-0.25, -0.2) is 4.98 Å². The van der Waals surface area contributed by atoms with E-state index in [1.54, 1.807) is 0 Å². The summed E-state index contributed by atoms with van der Waals surface area (Å²) in [6.45, 7) is 5.35. The molecule has 1 aromatic heterocycles. The van der Waals surface area contributed by atoms with Gasteiger partial charge in [0, 0.05) is 18.2 Å². The summed E-state index contributed by atoms with van der Waals surface area (Å²) in [4.78, 5) is 4.80. The Hall–Kier alpha value is -1.10. The lowest BCUT2D eigenvalue weighted by Gasteiger charge is -2.14. The zero-order valence-electron chi connectivity index (χ0n) is 11.7. The molecule has 108 valence electrons. The summed E-state index contributed by atoms with van der Waals surface area (Å²) in [5.74, 6) is 1.11. The Kier molecular flexibility index (Phi) is 4.24.